The lowest BCUT2D eigenvalue weighted by molar-refractivity contribution is -0.120. The van der Waals surface area contributed by atoms with Crippen LogP contribution in [0.3, 0.4) is 0 Å². The van der Waals surface area contributed by atoms with Crippen LogP contribution >= 0.6 is 34.8 Å². The molecule has 0 aliphatic heterocycles. The van der Waals surface area contributed by atoms with Gasteiger partial charge in [-0.15, -0.1) is 0 Å². The molecule has 10 heteroatoms. The lowest BCUT2D eigenvalue weighted by Crippen LogP contribution is -2.41. The van der Waals surface area contributed by atoms with Gasteiger partial charge in [0.1, 0.15) is 12.3 Å². The van der Waals surface area contributed by atoms with E-state index in [1.54, 1.807) is 7.11 Å². The Kier molecular flexibility index (Phi) is 8.73. The van der Waals surface area contributed by atoms with Crippen LogP contribution in [0.4, 0.5) is 5.69 Å². The quantitative estimate of drug-likeness (QED) is 0.450. The van der Waals surface area contributed by atoms with Crippen LogP contribution in [0.5, 0.6) is 5.75 Å². The number of nitrogens with zero attached hydrogens (tertiary/aromatic N) is 1. The first-order valence-electron chi connectivity index (χ1n) is 9.86. The molecule has 1 amide bonds. The van der Waals surface area contributed by atoms with Crippen LogP contribution in [0, 0.1) is 6.92 Å². The number of amides is 1. The summed E-state index contributed by atoms with van der Waals surface area (Å²) in [5.41, 5.74) is 2.97. The van der Waals surface area contributed by atoms with E-state index in [0.29, 0.717) is 0 Å². The zero-order valence-corrected chi connectivity index (χ0v) is 21.9. The Labute approximate surface area is 204 Å². The second-order valence-corrected chi connectivity index (χ2v) is 11.0. The van der Waals surface area contributed by atoms with Gasteiger partial charge in [-0.1, -0.05) is 48.7 Å². The normalized spacial score (nSPS) is 12.6. The minimum Gasteiger partial charge on any atom is -0.496 e. The van der Waals surface area contributed by atoms with Crippen molar-refractivity contribution in [2.75, 3.05) is 24.2 Å². The van der Waals surface area contributed by atoms with Crippen LogP contribution in [0.25, 0.3) is 0 Å². The zero-order chi connectivity index (χ0) is 24.4. The number of hydrogen-bond acceptors (Lipinski definition) is 4. The Bertz CT molecular complexity index is 1120. The average Bonchev–Trinajstić information content (AvgIpc) is 2.67. The van der Waals surface area contributed by atoms with E-state index >= 15 is 0 Å². The van der Waals surface area contributed by atoms with Gasteiger partial charge in [0.2, 0.25) is 15.9 Å². The number of nitrogens with one attached hydrogen (secondary N) is 1. The third-order valence-corrected chi connectivity index (χ3v) is 7.18. The van der Waals surface area contributed by atoms with E-state index in [2.05, 4.69) is 19.2 Å². The van der Waals surface area contributed by atoms with Gasteiger partial charge < -0.3 is 10.1 Å². The van der Waals surface area contributed by atoms with Crippen molar-refractivity contribution in [3.8, 4) is 5.75 Å². The smallest absolute Gasteiger partial charge is 0.241 e. The maximum Gasteiger partial charge on any atom is 0.241 e. The van der Waals surface area contributed by atoms with Gasteiger partial charge in [-0.25, -0.2) is 8.42 Å². The molecule has 1 atom stereocenters. The van der Waals surface area contributed by atoms with Crippen molar-refractivity contribution < 1.29 is 17.9 Å². The first kappa shape index (κ1) is 26.6. The molecule has 2 aromatic rings. The van der Waals surface area contributed by atoms with Gasteiger partial charge in [-0.2, -0.15) is 0 Å². The van der Waals surface area contributed by atoms with Crippen molar-refractivity contribution in [1.82, 2.24) is 5.32 Å². The molecule has 0 unspecified atom stereocenters. The summed E-state index contributed by atoms with van der Waals surface area (Å²) in [6.07, 6.45) is 0.991. The Hall–Kier alpha value is -1.67. The zero-order valence-electron chi connectivity index (χ0n) is 18.8. The molecule has 1 N–H and O–H groups in total. The molecule has 176 valence electrons. The Balaban J connectivity index is 2.32. The van der Waals surface area contributed by atoms with E-state index in [-0.39, 0.29) is 32.7 Å². The molecule has 6 nitrogen and oxygen atoms in total. The first-order chi connectivity index (χ1) is 14.8. The molecule has 0 radical (unpaired) electrons. The molecular weight excluding hydrogens is 495 g/mol. The molecule has 2 rings (SSSR count). The summed E-state index contributed by atoms with van der Waals surface area (Å²) in [4.78, 5) is 12.8. The summed E-state index contributed by atoms with van der Waals surface area (Å²) in [5, 5.41) is 3.25. The standard InChI is InChI=1S/C22H27Cl3N2O4S/c1-12(2)15-8-16(13(3)7-21(15)31-5)14(4)26-22(28)11-27(32(6,29)30)20-10-18(24)17(23)9-19(20)25/h7-10,12,14H,11H2,1-6H3,(H,26,28)/t14-/m1/s1. The molecule has 0 saturated carbocycles. The minimum atomic E-state index is -3.83. The van der Waals surface area contributed by atoms with E-state index in [9.17, 15) is 13.2 Å². The largest absolute Gasteiger partial charge is 0.496 e. The number of methoxy groups -OCH3 is 1. The van der Waals surface area contributed by atoms with Crippen molar-refractivity contribution in [2.45, 2.75) is 39.7 Å². The number of ether oxygens (including phenoxy) is 1. The Morgan fingerprint density at radius 1 is 1.03 bits per heavy atom. The van der Waals surface area contributed by atoms with Gasteiger partial charge in [0, 0.05) is 0 Å². The molecule has 0 aromatic heterocycles. The van der Waals surface area contributed by atoms with Crippen LogP contribution < -0.4 is 14.4 Å². The molecule has 0 saturated heterocycles. The van der Waals surface area contributed by atoms with E-state index in [4.69, 9.17) is 39.5 Å². The third-order valence-electron chi connectivity index (χ3n) is 5.03. The van der Waals surface area contributed by atoms with E-state index < -0.39 is 22.5 Å². The first-order valence-corrected chi connectivity index (χ1v) is 12.8. The molecule has 0 bridgehead atoms. The molecule has 0 heterocycles. The monoisotopic (exact) mass is 520 g/mol. The van der Waals surface area contributed by atoms with Gasteiger partial charge in [-0.3, -0.25) is 9.10 Å². The van der Waals surface area contributed by atoms with Crippen LogP contribution in [-0.2, 0) is 14.8 Å². The molecule has 0 fully saturated rings. The minimum absolute atomic E-state index is 0.0678. The van der Waals surface area contributed by atoms with Crippen molar-refractivity contribution in [3.05, 3.63) is 56.0 Å². The predicted molar refractivity (Wildman–Crippen MR) is 132 cm³/mol. The number of halogens is 3. The Morgan fingerprint density at radius 2 is 1.62 bits per heavy atom. The molecule has 32 heavy (non-hydrogen) atoms. The highest BCUT2D eigenvalue weighted by atomic mass is 35.5. The van der Waals surface area contributed by atoms with Gasteiger partial charge in [0.05, 0.1) is 40.2 Å². The fraction of sp³-hybridized carbons (Fsp3) is 0.409. The number of carbonyl (C=O) groups is 1. The summed E-state index contributed by atoms with van der Waals surface area (Å²) in [6.45, 7) is 7.43. The molecule has 0 aliphatic carbocycles. The predicted octanol–water partition coefficient (Wildman–Crippen LogP) is 5.73. The summed E-state index contributed by atoms with van der Waals surface area (Å²) < 4.78 is 31.2. The molecule has 2 aromatic carbocycles. The van der Waals surface area contributed by atoms with E-state index in [0.717, 1.165) is 33.0 Å². The van der Waals surface area contributed by atoms with Crippen molar-refractivity contribution in [1.29, 1.82) is 0 Å². The number of hydrogen-bond donors (Lipinski definition) is 1. The lowest BCUT2D eigenvalue weighted by Gasteiger charge is -2.25. The van der Waals surface area contributed by atoms with E-state index in [1.807, 2.05) is 26.0 Å². The number of aryl methyl sites for hydroxylation is 1. The highest BCUT2D eigenvalue weighted by molar-refractivity contribution is 7.92. The lowest BCUT2D eigenvalue weighted by atomic mass is 9.93. The van der Waals surface area contributed by atoms with Gasteiger partial charge in [0.15, 0.2) is 0 Å². The van der Waals surface area contributed by atoms with Crippen LogP contribution in [0.15, 0.2) is 24.3 Å². The third kappa shape index (κ3) is 6.22. The van der Waals surface area contributed by atoms with Crippen molar-refractivity contribution in [2.24, 2.45) is 0 Å². The Morgan fingerprint density at radius 3 is 2.16 bits per heavy atom. The number of carbonyl (C=O) groups excluding carboxylic acids is 1. The average molecular weight is 522 g/mol. The highest BCUT2D eigenvalue weighted by Gasteiger charge is 2.25. The number of sulfonamides is 1. The van der Waals surface area contributed by atoms with Gasteiger partial charge in [-0.05, 0) is 60.7 Å². The van der Waals surface area contributed by atoms with Crippen LogP contribution in [0.2, 0.25) is 15.1 Å². The van der Waals surface area contributed by atoms with E-state index in [1.165, 1.54) is 12.1 Å². The molecule has 0 aliphatic rings. The molecular formula is C22H27Cl3N2O4S. The summed E-state index contributed by atoms with van der Waals surface area (Å²) in [7, 11) is -2.21. The summed E-state index contributed by atoms with van der Waals surface area (Å²) in [5.74, 6) is 0.522. The fourth-order valence-electron chi connectivity index (χ4n) is 3.39. The van der Waals surface area contributed by atoms with Gasteiger partial charge in [0.25, 0.3) is 0 Å². The van der Waals surface area contributed by atoms with Crippen molar-refractivity contribution >= 4 is 56.4 Å². The second-order valence-electron chi connectivity index (χ2n) is 7.88. The summed E-state index contributed by atoms with van der Waals surface area (Å²) in [6, 6.07) is 6.25. The maximum atomic E-state index is 12.8. The number of benzene rings is 2. The second kappa shape index (κ2) is 10.5. The topological polar surface area (TPSA) is 75.7 Å². The summed E-state index contributed by atoms with van der Waals surface area (Å²) >= 11 is 18.2. The van der Waals surface area contributed by atoms with Gasteiger partial charge >= 0.3 is 0 Å². The van der Waals surface area contributed by atoms with Crippen LogP contribution in [0.1, 0.15) is 49.4 Å². The SMILES string of the molecule is COc1cc(C)c([C@@H](C)NC(=O)CN(c2cc(Cl)c(Cl)cc2Cl)S(C)(=O)=O)cc1C(C)C. The number of anilines is 1. The maximum absolute atomic E-state index is 12.8. The highest BCUT2D eigenvalue weighted by Crippen LogP contribution is 2.36. The number of rotatable bonds is 8. The van der Waals surface area contributed by atoms with Crippen molar-refractivity contribution in [3.63, 3.8) is 0 Å². The fourth-order valence-corrected chi connectivity index (χ4v) is 4.94. The molecule has 0 spiro atoms. The van der Waals surface area contributed by atoms with Crippen LogP contribution in [-0.4, -0.2) is 34.2 Å².